The van der Waals surface area contributed by atoms with Crippen LogP contribution in [0.5, 0.6) is 0 Å². The maximum atomic E-state index is 14.3. The van der Waals surface area contributed by atoms with Crippen molar-refractivity contribution in [3.05, 3.63) is 60.9 Å². The summed E-state index contributed by atoms with van der Waals surface area (Å²) in [4.78, 5) is 13.7. The molecular formula is C25H30FN5O. The molecule has 6 nitrogen and oxygen atoms in total. The van der Waals surface area contributed by atoms with E-state index in [2.05, 4.69) is 36.2 Å². The third-order valence-corrected chi connectivity index (χ3v) is 5.91. The van der Waals surface area contributed by atoms with Crippen LogP contribution < -0.4 is 10.6 Å². The van der Waals surface area contributed by atoms with Crippen LogP contribution in [0.25, 0.3) is 22.0 Å². The molecule has 1 fully saturated rings. The number of fused-ring (bicyclic) bond motifs is 1. The number of carbonyl (C=O) groups is 1. The first-order chi connectivity index (χ1) is 15.4. The van der Waals surface area contributed by atoms with Crippen molar-refractivity contribution < 1.29 is 9.18 Å². The molecule has 2 aromatic carbocycles. The number of benzene rings is 2. The molecule has 4 rings (SSSR count). The number of hydrogen-bond acceptors (Lipinski definition) is 4. The first-order valence-electron chi connectivity index (χ1n) is 11.0. The van der Waals surface area contributed by atoms with Crippen LogP contribution in [0.15, 0.2) is 55.1 Å². The Kier molecular flexibility index (Phi) is 6.55. The van der Waals surface area contributed by atoms with E-state index < -0.39 is 0 Å². The Morgan fingerprint density at radius 3 is 2.75 bits per heavy atom. The average Bonchev–Trinajstić information content (AvgIpc) is 3.08. The molecule has 1 aromatic heterocycles. The van der Waals surface area contributed by atoms with E-state index in [9.17, 15) is 9.18 Å². The summed E-state index contributed by atoms with van der Waals surface area (Å²) in [5, 5.41) is 12.4. The van der Waals surface area contributed by atoms with Crippen LogP contribution in [-0.2, 0) is 11.3 Å². The van der Waals surface area contributed by atoms with Crippen LogP contribution in [-0.4, -0.2) is 53.3 Å². The van der Waals surface area contributed by atoms with Gasteiger partial charge in [-0.05, 0) is 69.7 Å². The highest BCUT2D eigenvalue weighted by Gasteiger charge is 2.31. The normalized spacial score (nSPS) is 17.9. The van der Waals surface area contributed by atoms with E-state index in [-0.39, 0.29) is 23.8 Å². The van der Waals surface area contributed by atoms with Crippen LogP contribution >= 0.6 is 0 Å². The van der Waals surface area contributed by atoms with Gasteiger partial charge in [0.05, 0.1) is 5.52 Å². The lowest BCUT2D eigenvalue weighted by molar-refractivity contribution is -0.117. The second-order valence-corrected chi connectivity index (χ2v) is 8.66. The van der Waals surface area contributed by atoms with Crippen molar-refractivity contribution in [2.24, 2.45) is 0 Å². The number of carbonyl (C=O) groups excluding carboxylic acids is 1. The summed E-state index contributed by atoms with van der Waals surface area (Å²) in [5.41, 5.74) is 2.23. The SMILES string of the molecule is C=CC(=O)NC1CC(Nc2c3ccc(-c4ccccc4F)cc3nn2CCCN(C)C)C1. The number of halogens is 1. The highest BCUT2D eigenvalue weighted by molar-refractivity contribution is 5.93. The summed E-state index contributed by atoms with van der Waals surface area (Å²) in [6, 6.07) is 13.2. The van der Waals surface area contributed by atoms with Crippen LogP contribution in [0, 0.1) is 5.82 Å². The minimum Gasteiger partial charge on any atom is -0.367 e. The van der Waals surface area contributed by atoms with Crippen molar-refractivity contribution in [2.45, 2.75) is 37.9 Å². The molecule has 1 amide bonds. The highest BCUT2D eigenvalue weighted by atomic mass is 19.1. The molecule has 0 saturated heterocycles. The Hall–Kier alpha value is -3.19. The quantitative estimate of drug-likeness (QED) is 0.498. The lowest BCUT2D eigenvalue weighted by atomic mass is 9.86. The number of rotatable bonds is 9. The van der Waals surface area contributed by atoms with Crippen molar-refractivity contribution in [2.75, 3.05) is 26.0 Å². The molecule has 168 valence electrons. The molecule has 0 unspecified atom stereocenters. The number of anilines is 1. The fourth-order valence-corrected chi connectivity index (χ4v) is 4.15. The summed E-state index contributed by atoms with van der Waals surface area (Å²) in [7, 11) is 4.12. The molecule has 32 heavy (non-hydrogen) atoms. The zero-order chi connectivity index (χ0) is 22.7. The molecule has 0 aliphatic heterocycles. The monoisotopic (exact) mass is 435 g/mol. The van der Waals surface area contributed by atoms with Crippen LogP contribution in [0.2, 0.25) is 0 Å². The van der Waals surface area contributed by atoms with E-state index in [1.54, 1.807) is 12.1 Å². The van der Waals surface area contributed by atoms with Gasteiger partial charge in [0.2, 0.25) is 5.91 Å². The molecule has 1 aliphatic rings. The fraction of sp³-hybridized carbons (Fsp3) is 0.360. The maximum Gasteiger partial charge on any atom is 0.243 e. The second kappa shape index (κ2) is 9.53. The van der Waals surface area contributed by atoms with E-state index in [1.807, 2.05) is 28.9 Å². The Morgan fingerprint density at radius 2 is 2.03 bits per heavy atom. The molecule has 0 spiro atoms. The van der Waals surface area contributed by atoms with E-state index in [0.29, 0.717) is 5.56 Å². The van der Waals surface area contributed by atoms with Crippen LogP contribution in [0.3, 0.4) is 0 Å². The summed E-state index contributed by atoms with van der Waals surface area (Å²) in [6.45, 7) is 5.26. The van der Waals surface area contributed by atoms with Crippen molar-refractivity contribution >= 4 is 22.6 Å². The number of nitrogens with one attached hydrogen (secondary N) is 2. The summed E-state index contributed by atoms with van der Waals surface area (Å²) in [6.07, 6.45) is 3.99. The van der Waals surface area contributed by atoms with E-state index in [0.717, 1.165) is 54.6 Å². The number of hydrogen-bond donors (Lipinski definition) is 2. The summed E-state index contributed by atoms with van der Waals surface area (Å²) in [5.74, 6) is 0.614. The van der Waals surface area contributed by atoms with Gasteiger partial charge in [-0.2, -0.15) is 5.10 Å². The van der Waals surface area contributed by atoms with Gasteiger partial charge < -0.3 is 15.5 Å². The minimum atomic E-state index is -0.238. The average molecular weight is 436 g/mol. The van der Waals surface area contributed by atoms with E-state index in [4.69, 9.17) is 5.10 Å². The first-order valence-corrected chi connectivity index (χ1v) is 11.0. The molecular weight excluding hydrogens is 405 g/mol. The van der Waals surface area contributed by atoms with Crippen LogP contribution in [0.4, 0.5) is 10.2 Å². The highest BCUT2D eigenvalue weighted by Crippen LogP contribution is 2.32. The van der Waals surface area contributed by atoms with Gasteiger partial charge in [0.25, 0.3) is 0 Å². The van der Waals surface area contributed by atoms with Crippen molar-refractivity contribution in [1.29, 1.82) is 0 Å². The maximum absolute atomic E-state index is 14.3. The molecule has 1 aliphatic carbocycles. The molecule has 0 bridgehead atoms. The van der Waals surface area contributed by atoms with Gasteiger partial charge in [-0.1, -0.05) is 30.8 Å². The first kappa shape index (κ1) is 22.0. The van der Waals surface area contributed by atoms with Gasteiger partial charge in [-0.3, -0.25) is 4.79 Å². The smallest absolute Gasteiger partial charge is 0.243 e. The fourth-order valence-electron chi connectivity index (χ4n) is 4.15. The standard InChI is InChI=1S/C25H30FN5O/c1-4-24(32)27-18-15-19(16-18)28-25-21-11-10-17(20-8-5-6-9-22(20)26)14-23(21)29-31(25)13-7-12-30(2)3/h4-6,8-11,14,18-19,28H,1,7,12-13,15-16H2,2-3H3,(H,27,32). The van der Waals surface area contributed by atoms with Gasteiger partial charge in [0, 0.05) is 29.6 Å². The van der Waals surface area contributed by atoms with Crippen molar-refractivity contribution in [3.63, 3.8) is 0 Å². The Balaban J connectivity index is 1.58. The lowest BCUT2D eigenvalue weighted by Gasteiger charge is -2.36. The van der Waals surface area contributed by atoms with Gasteiger partial charge in [-0.25, -0.2) is 9.07 Å². The van der Waals surface area contributed by atoms with Gasteiger partial charge >= 0.3 is 0 Å². The molecule has 1 heterocycles. The molecule has 1 saturated carbocycles. The minimum absolute atomic E-state index is 0.131. The second-order valence-electron chi connectivity index (χ2n) is 8.66. The Morgan fingerprint density at radius 1 is 1.25 bits per heavy atom. The summed E-state index contributed by atoms with van der Waals surface area (Å²) >= 11 is 0. The predicted octanol–water partition coefficient (Wildman–Crippen LogP) is 4.04. The Labute approximate surface area is 188 Å². The topological polar surface area (TPSA) is 62.2 Å². The number of aryl methyl sites for hydroxylation is 1. The Bertz CT molecular complexity index is 1120. The zero-order valence-electron chi connectivity index (χ0n) is 18.6. The number of amides is 1. The number of nitrogens with zero attached hydrogens (tertiary/aromatic N) is 3. The third-order valence-electron chi connectivity index (χ3n) is 5.91. The van der Waals surface area contributed by atoms with Gasteiger partial charge in [0.1, 0.15) is 11.6 Å². The molecule has 0 atom stereocenters. The van der Waals surface area contributed by atoms with E-state index in [1.165, 1.54) is 12.1 Å². The molecule has 2 N–H and O–H groups in total. The largest absolute Gasteiger partial charge is 0.367 e. The van der Waals surface area contributed by atoms with Crippen molar-refractivity contribution in [1.82, 2.24) is 20.0 Å². The predicted molar refractivity (Wildman–Crippen MR) is 127 cm³/mol. The number of aromatic nitrogens is 2. The van der Waals surface area contributed by atoms with Crippen LogP contribution in [0.1, 0.15) is 19.3 Å². The molecule has 3 aromatic rings. The van der Waals surface area contributed by atoms with Gasteiger partial charge in [0.15, 0.2) is 0 Å². The molecule has 7 heteroatoms. The molecule has 0 radical (unpaired) electrons. The van der Waals surface area contributed by atoms with Crippen molar-refractivity contribution in [3.8, 4) is 11.1 Å². The van der Waals surface area contributed by atoms with E-state index >= 15 is 0 Å². The third kappa shape index (κ3) is 4.83. The zero-order valence-corrected chi connectivity index (χ0v) is 18.6. The summed E-state index contributed by atoms with van der Waals surface area (Å²) < 4.78 is 16.3. The lowest BCUT2D eigenvalue weighted by Crippen LogP contribution is -2.49. The van der Waals surface area contributed by atoms with Gasteiger partial charge in [-0.15, -0.1) is 0 Å².